The highest BCUT2D eigenvalue weighted by atomic mass is 32.1. The minimum atomic E-state index is -1.01. The van der Waals surface area contributed by atoms with Crippen LogP contribution in [0.5, 0.6) is 0 Å². The van der Waals surface area contributed by atoms with Crippen molar-refractivity contribution in [1.82, 2.24) is 9.88 Å². The lowest BCUT2D eigenvalue weighted by Gasteiger charge is -2.14. The van der Waals surface area contributed by atoms with Gasteiger partial charge in [-0.25, -0.2) is 9.78 Å². The number of carboxylic acids is 1. The van der Waals surface area contributed by atoms with Gasteiger partial charge in [0.15, 0.2) is 0 Å². The molecule has 0 spiro atoms. The average Bonchev–Trinajstić information content (AvgIpc) is 2.97. The quantitative estimate of drug-likeness (QED) is 0.941. The van der Waals surface area contributed by atoms with E-state index in [9.17, 15) is 9.59 Å². The molecule has 1 amide bonds. The Bertz CT molecular complexity index is 618. The minimum Gasteiger partial charge on any atom is -0.477 e. The molecule has 0 saturated heterocycles. The zero-order valence-corrected chi connectivity index (χ0v) is 12.0. The van der Waals surface area contributed by atoms with Crippen LogP contribution < -0.4 is 0 Å². The molecular formula is C12H12N2O3S2. The summed E-state index contributed by atoms with van der Waals surface area (Å²) < 4.78 is 0. The number of carboxylic acid groups (broad SMARTS) is 1. The fraction of sp³-hybridized carbons (Fsp3) is 0.250. The van der Waals surface area contributed by atoms with Gasteiger partial charge in [-0.3, -0.25) is 4.79 Å². The first kappa shape index (κ1) is 13.7. The average molecular weight is 296 g/mol. The van der Waals surface area contributed by atoms with Crippen LogP contribution in [0.1, 0.15) is 29.2 Å². The van der Waals surface area contributed by atoms with E-state index in [1.165, 1.54) is 6.07 Å². The molecule has 2 heterocycles. The molecule has 100 valence electrons. The van der Waals surface area contributed by atoms with Crippen LogP contribution in [0.3, 0.4) is 0 Å². The van der Waals surface area contributed by atoms with Crippen LogP contribution in [0.4, 0.5) is 0 Å². The molecule has 5 nitrogen and oxygen atoms in total. The molecule has 2 aromatic heterocycles. The summed E-state index contributed by atoms with van der Waals surface area (Å²) in [4.78, 5) is 30.2. The number of aromatic carboxylic acids is 1. The number of hydrogen-bond donors (Lipinski definition) is 1. The number of carbonyl (C=O) groups is 2. The summed E-state index contributed by atoms with van der Waals surface area (Å²) >= 11 is 2.53. The van der Waals surface area contributed by atoms with E-state index >= 15 is 0 Å². The van der Waals surface area contributed by atoms with Crippen LogP contribution in [-0.4, -0.2) is 33.9 Å². The Hall–Kier alpha value is -1.73. The van der Waals surface area contributed by atoms with Crippen LogP contribution in [0, 0.1) is 6.92 Å². The first-order chi connectivity index (χ1) is 8.97. The van der Waals surface area contributed by atoms with E-state index in [1.807, 2.05) is 6.92 Å². The zero-order chi connectivity index (χ0) is 14.0. The summed E-state index contributed by atoms with van der Waals surface area (Å²) in [6, 6.07) is 3.00. The first-order valence-electron chi connectivity index (χ1n) is 5.47. The van der Waals surface area contributed by atoms with Gasteiger partial charge in [0.05, 0.1) is 16.4 Å². The van der Waals surface area contributed by atoms with Crippen molar-refractivity contribution in [3.05, 3.63) is 38.0 Å². The lowest BCUT2D eigenvalue weighted by Crippen LogP contribution is -2.24. The van der Waals surface area contributed by atoms with Gasteiger partial charge < -0.3 is 10.0 Å². The third-order valence-electron chi connectivity index (χ3n) is 2.44. The van der Waals surface area contributed by atoms with E-state index in [4.69, 9.17) is 5.11 Å². The fourth-order valence-electron chi connectivity index (χ4n) is 1.54. The summed E-state index contributed by atoms with van der Waals surface area (Å²) in [5, 5.41) is 9.79. The summed E-state index contributed by atoms with van der Waals surface area (Å²) in [5.74, 6) is -1.19. The van der Waals surface area contributed by atoms with E-state index in [0.29, 0.717) is 11.4 Å². The van der Waals surface area contributed by atoms with Crippen LogP contribution in [0.2, 0.25) is 0 Å². The van der Waals surface area contributed by atoms with Gasteiger partial charge in [-0.05, 0) is 19.1 Å². The largest absolute Gasteiger partial charge is 0.477 e. The van der Waals surface area contributed by atoms with E-state index in [1.54, 1.807) is 35.5 Å². The maximum atomic E-state index is 12.1. The van der Waals surface area contributed by atoms with Crippen molar-refractivity contribution >= 4 is 34.6 Å². The molecule has 2 rings (SSSR count). The smallest absolute Gasteiger partial charge is 0.345 e. The third kappa shape index (κ3) is 3.18. The minimum absolute atomic E-state index is 0.172. The van der Waals surface area contributed by atoms with Gasteiger partial charge >= 0.3 is 5.97 Å². The first-order valence-corrected chi connectivity index (χ1v) is 7.10. The second-order valence-corrected chi connectivity index (χ2v) is 6.38. The topological polar surface area (TPSA) is 70.5 Å². The van der Waals surface area contributed by atoms with Gasteiger partial charge in [0.25, 0.3) is 5.91 Å². The van der Waals surface area contributed by atoms with Crippen LogP contribution in [0.25, 0.3) is 0 Å². The molecule has 0 unspecified atom stereocenters. The second kappa shape index (κ2) is 5.50. The maximum absolute atomic E-state index is 12.1. The summed E-state index contributed by atoms with van der Waals surface area (Å²) in [5.41, 5.74) is 0. The monoisotopic (exact) mass is 296 g/mol. The summed E-state index contributed by atoms with van der Waals surface area (Å²) in [7, 11) is 1.69. The van der Waals surface area contributed by atoms with Crippen LogP contribution >= 0.6 is 22.7 Å². The Kier molecular flexibility index (Phi) is 3.96. The summed E-state index contributed by atoms with van der Waals surface area (Å²) in [6.07, 6.45) is 1.75. The van der Waals surface area contributed by atoms with E-state index < -0.39 is 5.97 Å². The molecule has 2 aromatic rings. The van der Waals surface area contributed by atoms with Crippen LogP contribution in [0.15, 0.2) is 18.3 Å². The van der Waals surface area contributed by atoms with Gasteiger partial charge in [-0.1, -0.05) is 0 Å². The van der Waals surface area contributed by atoms with E-state index in [0.717, 1.165) is 21.2 Å². The number of aryl methyl sites for hydroxylation is 1. The zero-order valence-electron chi connectivity index (χ0n) is 10.4. The standard InChI is InChI=1S/C12H12N2O3S2/c1-7-13-5-8(18-7)6-14(2)11(15)9-3-4-10(19-9)12(16)17/h3-5H,6H2,1-2H3,(H,16,17). The number of amides is 1. The molecule has 0 aliphatic heterocycles. The lowest BCUT2D eigenvalue weighted by molar-refractivity contribution is 0.0701. The Balaban J connectivity index is 2.07. The molecule has 0 bridgehead atoms. The lowest BCUT2D eigenvalue weighted by atomic mass is 10.3. The van der Waals surface area contributed by atoms with Gasteiger partial charge in [-0.2, -0.15) is 0 Å². The number of aromatic nitrogens is 1. The Morgan fingerprint density at radius 3 is 2.53 bits per heavy atom. The highest BCUT2D eigenvalue weighted by molar-refractivity contribution is 7.15. The molecule has 0 atom stereocenters. The van der Waals surface area contributed by atoms with Crippen LogP contribution in [-0.2, 0) is 6.54 Å². The molecule has 0 aliphatic carbocycles. The van der Waals surface area contributed by atoms with Crippen molar-refractivity contribution < 1.29 is 14.7 Å². The highest BCUT2D eigenvalue weighted by Gasteiger charge is 2.17. The van der Waals surface area contributed by atoms with Crippen molar-refractivity contribution in [2.75, 3.05) is 7.05 Å². The predicted molar refractivity (Wildman–Crippen MR) is 73.9 cm³/mol. The van der Waals surface area contributed by atoms with Crippen molar-refractivity contribution in [3.63, 3.8) is 0 Å². The van der Waals surface area contributed by atoms with Crippen molar-refractivity contribution in [2.45, 2.75) is 13.5 Å². The molecule has 19 heavy (non-hydrogen) atoms. The Morgan fingerprint density at radius 1 is 1.32 bits per heavy atom. The normalized spacial score (nSPS) is 10.4. The van der Waals surface area contributed by atoms with Gasteiger partial charge in [0.1, 0.15) is 4.88 Å². The van der Waals surface area contributed by atoms with E-state index in [-0.39, 0.29) is 10.8 Å². The SMILES string of the molecule is Cc1ncc(CN(C)C(=O)c2ccc(C(=O)O)s2)s1. The highest BCUT2D eigenvalue weighted by Crippen LogP contribution is 2.20. The fourth-order valence-corrected chi connectivity index (χ4v) is 3.23. The van der Waals surface area contributed by atoms with Crippen molar-refractivity contribution in [2.24, 2.45) is 0 Å². The van der Waals surface area contributed by atoms with E-state index in [2.05, 4.69) is 4.98 Å². The molecule has 0 aliphatic rings. The number of hydrogen-bond acceptors (Lipinski definition) is 5. The van der Waals surface area contributed by atoms with Crippen molar-refractivity contribution in [1.29, 1.82) is 0 Å². The number of thiophene rings is 1. The molecule has 0 saturated carbocycles. The summed E-state index contributed by atoms with van der Waals surface area (Å²) in [6.45, 7) is 2.39. The third-order valence-corrected chi connectivity index (χ3v) is 4.40. The second-order valence-electron chi connectivity index (χ2n) is 3.98. The van der Waals surface area contributed by atoms with Gasteiger partial charge in [-0.15, -0.1) is 22.7 Å². The maximum Gasteiger partial charge on any atom is 0.345 e. The van der Waals surface area contributed by atoms with Gasteiger partial charge in [0, 0.05) is 18.1 Å². The molecular weight excluding hydrogens is 284 g/mol. The molecule has 0 radical (unpaired) electrons. The Morgan fingerprint density at radius 2 is 2.00 bits per heavy atom. The van der Waals surface area contributed by atoms with Gasteiger partial charge in [0.2, 0.25) is 0 Å². The number of rotatable bonds is 4. The molecule has 1 N–H and O–H groups in total. The number of nitrogens with zero attached hydrogens (tertiary/aromatic N) is 2. The molecule has 7 heteroatoms. The molecule has 0 fully saturated rings. The Labute approximate surface area is 118 Å². The number of carbonyl (C=O) groups excluding carboxylic acids is 1. The molecule has 0 aromatic carbocycles. The van der Waals surface area contributed by atoms with Crippen molar-refractivity contribution in [3.8, 4) is 0 Å². The number of thiazole rings is 1. The predicted octanol–water partition coefficient (Wildman–Crippen LogP) is 2.48.